The topological polar surface area (TPSA) is 96.2 Å². The number of methoxy groups -OCH3 is 2. The lowest BCUT2D eigenvalue weighted by atomic mass is 9.93. The molecule has 1 saturated heterocycles. The Kier molecular flexibility index (Phi) is 6.31. The third-order valence-corrected chi connectivity index (χ3v) is 5.70. The van der Waals surface area contributed by atoms with Crippen molar-refractivity contribution in [2.24, 2.45) is 11.0 Å². The van der Waals surface area contributed by atoms with Gasteiger partial charge in [-0.25, -0.2) is 0 Å². The van der Waals surface area contributed by atoms with Crippen LogP contribution in [0.2, 0.25) is 0 Å². The van der Waals surface area contributed by atoms with Crippen molar-refractivity contribution in [1.82, 2.24) is 10.3 Å². The Morgan fingerprint density at radius 1 is 1.39 bits per heavy atom. The summed E-state index contributed by atoms with van der Waals surface area (Å²) in [7, 11) is 3.17. The van der Waals surface area contributed by atoms with E-state index in [0.29, 0.717) is 24.5 Å². The van der Waals surface area contributed by atoms with E-state index in [4.69, 9.17) is 14.2 Å². The largest absolute Gasteiger partial charge is 0.493 e. The van der Waals surface area contributed by atoms with E-state index in [0.717, 1.165) is 10.6 Å². The first kappa shape index (κ1) is 20.3. The van der Waals surface area contributed by atoms with Crippen molar-refractivity contribution in [3.8, 4) is 17.6 Å². The third-order valence-electron chi connectivity index (χ3n) is 4.94. The molecule has 0 radical (unpaired) electrons. The van der Waals surface area contributed by atoms with E-state index in [2.05, 4.69) is 16.5 Å². The molecule has 2 aliphatic heterocycles. The van der Waals surface area contributed by atoms with Crippen LogP contribution in [0.25, 0.3) is 0 Å². The number of nitrogens with zero attached hydrogens (tertiary/aromatic N) is 3. The van der Waals surface area contributed by atoms with Crippen molar-refractivity contribution >= 4 is 22.8 Å². The molecular weight excluding hydrogens is 380 g/mol. The van der Waals surface area contributed by atoms with Gasteiger partial charge in [0.05, 0.1) is 32.9 Å². The van der Waals surface area contributed by atoms with Gasteiger partial charge in [-0.05, 0) is 37.3 Å². The second-order valence-electron chi connectivity index (χ2n) is 6.41. The summed E-state index contributed by atoms with van der Waals surface area (Å²) in [6.45, 7) is 2.09. The number of rotatable bonds is 5. The number of hydrogen-bond acceptors (Lipinski definition) is 9. The molecule has 4 atom stereocenters. The van der Waals surface area contributed by atoms with Crippen LogP contribution in [0.15, 0.2) is 23.3 Å². The molecule has 2 heterocycles. The highest BCUT2D eigenvalue weighted by Gasteiger charge is 2.47. The fraction of sp³-hybridized carbons (Fsp3) is 0.526. The summed E-state index contributed by atoms with van der Waals surface area (Å²) < 4.78 is 16.0. The first-order valence-electron chi connectivity index (χ1n) is 9.02. The number of carbonyl (C=O) groups excluding carboxylic acids is 1. The second-order valence-corrected chi connectivity index (χ2v) is 7.24. The maximum atomic E-state index is 12.5. The SMILES string of the molecule is CCOC(=O)C1CC(c2ccc(OC)c(OC)c2)N2N=C(SC)C(C#N)C2N1. The number of nitrogens with one attached hydrogen (secondary N) is 1. The molecule has 150 valence electrons. The normalized spacial score (nSPS) is 26.1. The van der Waals surface area contributed by atoms with E-state index in [1.54, 1.807) is 21.1 Å². The average Bonchev–Trinajstić information content (AvgIpc) is 3.10. The minimum absolute atomic E-state index is 0.207. The first-order valence-corrected chi connectivity index (χ1v) is 10.2. The van der Waals surface area contributed by atoms with Crippen molar-refractivity contribution in [1.29, 1.82) is 5.26 Å². The average molecular weight is 404 g/mol. The van der Waals surface area contributed by atoms with Gasteiger partial charge in [0.1, 0.15) is 23.2 Å². The van der Waals surface area contributed by atoms with Gasteiger partial charge in [0, 0.05) is 0 Å². The Balaban J connectivity index is 2.00. The summed E-state index contributed by atoms with van der Waals surface area (Å²) in [5, 5.41) is 20.2. The van der Waals surface area contributed by atoms with Gasteiger partial charge in [-0.3, -0.25) is 15.1 Å². The Bertz CT molecular complexity index is 810. The molecule has 9 heteroatoms. The van der Waals surface area contributed by atoms with Crippen LogP contribution in [0.5, 0.6) is 11.5 Å². The molecule has 8 nitrogen and oxygen atoms in total. The Labute approximate surface area is 168 Å². The molecule has 28 heavy (non-hydrogen) atoms. The number of fused-ring (bicyclic) bond motifs is 1. The molecule has 0 amide bonds. The van der Waals surface area contributed by atoms with Crippen LogP contribution < -0.4 is 14.8 Å². The molecule has 0 aromatic heterocycles. The van der Waals surface area contributed by atoms with E-state index in [-0.39, 0.29) is 12.0 Å². The minimum Gasteiger partial charge on any atom is -0.493 e. The lowest BCUT2D eigenvalue weighted by Gasteiger charge is -2.41. The van der Waals surface area contributed by atoms with E-state index in [9.17, 15) is 10.1 Å². The molecule has 1 N–H and O–H groups in total. The van der Waals surface area contributed by atoms with E-state index in [1.165, 1.54) is 11.8 Å². The zero-order valence-corrected chi connectivity index (χ0v) is 17.2. The summed E-state index contributed by atoms with van der Waals surface area (Å²) in [5.74, 6) is 0.466. The van der Waals surface area contributed by atoms with Crippen molar-refractivity contribution in [3.05, 3.63) is 23.8 Å². The van der Waals surface area contributed by atoms with Gasteiger partial charge in [0.25, 0.3) is 0 Å². The summed E-state index contributed by atoms with van der Waals surface area (Å²) in [6.07, 6.45) is 1.97. The van der Waals surface area contributed by atoms with Gasteiger partial charge in [-0.1, -0.05) is 6.07 Å². The smallest absolute Gasteiger partial charge is 0.323 e. The third kappa shape index (κ3) is 3.62. The van der Waals surface area contributed by atoms with E-state index >= 15 is 0 Å². The fourth-order valence-corrected chi connectivity index (χ4v) is 4.23. The number of ether oxygens (including phenoxy) is 3. The summed E-state index contributed by atoms with van der Waals surface area (Å²) >= 11 is 1.45. The molecule has 1 aromatic carbocycles. The number of esters is 1. The molecule has 4 unspecified atom stereocenters. The Morgan fingerprint density at radius 3 is 2.75 bits per heavy atom. The maximum absolute atomic E-state index is 12.5. The Morgan fingerprint density at radius 2 is 2.14 bits per heavy atom. The fourth-order valence-electron chi connectivity index (χ4n) is 3.62. The van der Waals surface area contributed by atoms with Crippen LogP contribution in [0.4, 0.5) is 0 Å². The first-order chi connectivity index (χ1) is 13.6. The molecule has 1 aromatic rings. The molecule has 3 rings (SSSR count). The highest BCUT2D eigenvalue weighted by molar-refractivity contribution is 8.13. The molecule has 0 spiro atoms. The number of benzene rings is 1. The summed E-state index contributed by atoms with van der Waals surface area (Å²) in [4.78, 5) is 12.5. The molecule has 2 aliphatic rings. The maximum Gasteiger partial charge on any atom is 0.323 e. The van der Waals surface area contributed by atoms with Crippen LogP contribution >= 0.6 is 11.8 Å². The molecular formula is C19H24N4O4S. The van der Waals surface area contributed by atoms with Crippen LogP contribution in [0.3, 0.4) is 0 Å². The zero-order chi connectivity index (χ0) is 20.3. The van der Waals surface area contributed by atoms with Gasteiger partial charge in [0.15, 0.2) is 11.5 Å². The number of thioether (sulfide) groups is 1. The quantitative estimate of drug-likeness (QED) is 0.746. The van der Waals surface area contributed by atoms with E-state index < -0.39 is 18.1 Å². The van der Waals surface area contributed by atoms with Gasteiger partial charge >= 0.3 is 5.97 Å². The monoisotopic (exact) mass is 404 g/mol. The van der Waals surface area contributed by atoms with Gasteiger partial charge in [0.2, 0.25) is 0 Å². The molecule has 0 saturated carbocycles. The zero-order valence-electron chi connectivity index (χ0n) is 16.3. The standard InChI is InChI=1S/C19H24N4O4S/c1-5-27-19(24)13-9-14(11-6-7-15(25-2)16(8-11)26-3)23-17(21-13)12(10-20)18(22-23)28-4/h6-8,12-14,17,21H,5,9H2,1-4H3. The van der Waals surface area contributed by atoms with Crippen molar-refractivity contribution < 1.29 is 19.0 Å². The van der Waals surface area contributed by atoms with Crippen LogP contribution in [0.1, 0.15) is 24.9 Å². The molecule has 1 fully saturated rings. The molecule has 0 bridgehead atoms. The number of carbonyl (C=O) groups is 1. The van der Waals surface area contributed by atoms with Gasteiger partial charge in [-0.15, -0.1) is 11.8 Å². The van der Waals surface area contributed by atoms with Crippen molar-refractivity contribution in [3.63, 3.8) is 0 Å². The minimum atomic E-state index is -0.522. The van der Waals surface area contributed by atoms with Crippen molar-refractivity contribution in [2.45, 2.75) is 31.6 Å². The number of nitriles is 1. The van der Waals surface area contributed by atoms with Crippen LogP contribution in [-0.2, 0) is 9.53 Å². The van der Waals surface area contributed by atoms with Crippen LogP contribution in [0, 0.1) is 17.2 Å². The lowest BCUT2D eigenvalue weighted by Crippen LogP contribution is -2.58. The molecule has 0 aliphatic carbocycles. The van der Waals surface area contributed by atoms with Crippen LogP contribution in [-0.4, -0.2) is 55.3 Å². The predicted octanol–water partition coefficient (Wildman–Crippen LogP) is 2.13. The second kappa shape index (κ2) is 8.71. The van der Waals surface area contributed by atoms with Crippen molar-refractivity contribution in [2.75, 3.05) is 27.1 Å². The van der Waals surface area contributed by atoms with E-state index in [1.807, 2.05) is 29.5 Å². The predicted molar refractivity (Wildman–Crippen MR) is 106 cm³/mol. The summed E-state index contributed by atoms with van der Waals surface area (Å²) in [5.41, 5.74) is 0.932. The number of hydrogen-bond donors (Lipinski definition) is 1. The highest BCUT2D eigenvalue weighted by atomic mass is 32.2. The Hall–Kier alpha value is -2.44. The van der Waals surface area contributed by atoms with Gasteiger partial charge < -0.3 is 14.2 Å². The highest BCUT2D eigenvalue weighted by Crippen LogP contribution is 2.41. The van der Waals surface area contributed by atoms with Gasteiger partial charge in [-0.2, -0.15) is 10.4 Å². The lowest BCUT2D eigenvalue weighted by molar-refractivity contribution is -0.148. The number of hydrazone groups is 1. The summed E-state index contributed by atoms with van der Waals surface area (Å²) in [6, 6.07) is 7.25.